The first kappa shape index (κ1) is 16.4. The number of benzene rings is 1. The summed E-state index contributed by atoms with van der Waals surface area (Å²) in [4.78, 5) is 30.2. The number of carbonyl (C=O) groups excluding carboxylic acids is 2. The Morgan fingerprint density at radius 3 is 2.75 bits per heavy atom. The third kappa shape index (κ3) is 5.03. The molecule has 1 fully saturated rings. The number of aromatic nitrogens is 1. The van der Waals surface area contributed by atoms with E-state index in [1.807, 2.05) is 30.3 Å². The average Bonchev–Trinajstić information content (AvgIpc) is 3.26. The van der Waals surface area contributed by atoms with Crippen LogP contribution < -0.4 is 5.32 Å². The van der Waals surface area contributed by atoms with Crippen molar-refractivity contribution in [1.29, 1.82) is 0 Å². The summed E-state index contributed by atoms with van der Waals surface area (Å²) in [5, 5.41) is 5.08. The summed E-state index contributed by atoms with van der Waals surface area (Å²) in [6.45, 7) is 0.678. The van der Waals surface area contributed by atoms with Crippen LogP contribution in [0.1, 0.15) is 18.4 Å². The first-order valence-corrected chi connectivity index (χ1v) is 8.80. The molecule has 0 saturated heterocycles. The molecule has 3 rings (SSSR count). The Labute approximate surface area is 145 Å². The van der Waals surface area contributed by atoms with Gasteiger partial charge in [0.15, 0.2) is 5.13 Å². The Balaban J connectivity index is 1.60. The summed E-state index contributed by atoms with van der Waals surface area (Å²) < 4.78 is 0. The van der Waals surface area contributed by atoms with Crippen molar-refractivity contribution >= 4 is 34.4 Å². The lowest BCUT2D eigenvalue weighted by Gasteiger charge is -2.20. The van der Waals surface area contributed by atoms with Gasteiger partial charge in [0.05, 0.1) is 0 Å². The second-order valence-electron chi connectivity index (χ2n) is 5.79. The van der Waals surface area contributed by atoms with Gasteiger partial charge in [-0.15, -0.1) is 11.3 Å². The molecule has 0 spiro atoms. The van der Waals surface area contributed by atoms with Gasteiger partial charge in [0, 0.05) is 24.2 Å². The van der Waals surface area contributed by atoms with Gasteiger partial charge in [-0.2, -0.15) is 0 Å². The first-order chi connectivity index (χ1) is 11.7. The number of hydrogen-bond donors (Lipinski definition) is 1. The molecule has 1 aromatic heterocycles. The molecule has 0 unspecified atom stereocenters. The van der Waals surface area contributed by atoms with Crippen molar-refractivity contribution in [3.63, 3.8) is 0 Å². The van der Waals surface area contributed by atoms with Gasteiger partial charge in [0.25, 0.3) is 0 Å². The van der Waals surface area contributed by atoms with Crippen LogP contribution in [0.25, 0.3) is 6.08 Å². The van der Waals surface area contributed by atoms with Gasteiger partial charge < -0.3 is 10.2 Å². The standard InChI is InChI=1S/C18H19N3O2S/c22-16(20-18-19-10-11-24-18)13-21(12-15-6-7-15)17(23)9-8-14-4-2-1-3-5-14/h1-5,8-11,15H,6-7,12-13H2,(H,19,20,22)/b9-8+. The largest absolute Gasteiger partial charge is 0.330 e. The fourth-order valence-corrected chi connectivity index (χ4v) is 2.84. The predicted octanol–water partition coefficient (Wildman–Crippen LogP) is 3.03. The number of anilines is 1. The molecule has 0 atom stereocenters. The van der Waals surface area contributed by atoms with Gasteiger partial charge in [0.1, 0.15) is 6.54 Å². The molecule has 1 aromatic carbocycles. The third-order valence-corrected chi connectivity index (χ3v) is 4.41. The highest BCUT2D eigenvalue weighted by Gasteiger charge is 2.27. The number of hydrogen-bond acceptors (Lipinski definition) is 4. The highest BCUT2D eigenvalue weighted by atomic mass is 32.1. The molecular weight excluding hydrogens is 322 g/mol. The molecule has 1 saturated carbocycles. The van der Waals surface area contributed by atoms with Crippen LogP contribution in [0.15, 0.2) is 48.0 Å². The second kappa shape index (κ2) is 7.88. The molecule has 124 valence electrons. The topological polar surface area (TPSA) is 62.3 Å². The molecule has 1 N–H and O–H groups in total. The van der Waals surface area contributed by atoms with Gasteiger partial charge >= 0.3 is 0 Å². The fourth-order valence-electron chi connectivity index (χ4n) is 2.30. The van der Waals surface area contributed by atoms with Crippen LogP contribution in [0.3, 0.4) is 0 Å². The number of nitrogens with zero attached hydrogens (tertiary/aromatic N) is 2. The predicted molar refractivity (Wildman–Crippen MR) is 95.5 cm³/mol. The lowest BCUT2D eigenvalue weighted by atomic mass is 10.2. The Kier molecular flexibility index (Phi) is 5.38. The van der Waals surface area contributed by atoms with Crippen LogP contribution in [0.5, 0.6) is 0 Å². The number of carbonyl (C=O) groups is 2. The van der Waals surface area contributed by atoms with E-state index in [0.29, 0.717) is 17.6 Å². The van der Waals surface area contributed by atoms with Crippen LogP contribution in [-0.4, -0.2) is 34.8 Å². The molecule has 2 aromatic rings. The zero-order valence-corrected chi connectivity index (χ0v) is 14.0. The van der Waals surface area contributed by atoms with Crippen LogP contribution in [0.4, 0.5) is 5.13 Å². The lowest BCUT2D eigenvalue weighted by Crippen LogP contribution is -2.38. The monoisotopic (exact) mass is 341 g/mol. The lowest BCUT2D eigenvalue weighted by molar-refractivity contribution is -0.130. The van der Waals surface area contributed by atoms with E-state index in [0.717, 1.165) is 18.4 Å². The minimum atomic E-state index is -0.216. The maximum atomic E-state index is 12.5. The number of rotatable bonds is 7. The van der Waals surface area contributed by atoms with E-state index in [1.165, 1.54) is 17.4 Å². The number of thiazole rings is 1. The summed E-state index contributed by atoms with van der Waals surface area (Å²) in [5.41, 5.74) is 0.962. The van der Waals surface area contributed by atoms with Crippen LogP contribution in [0.2, 0.25) is 0 Å². The van der Waals surface area contributed by atoms with Crippen molar-refractivity contribution < 1.29 is 9.59 Å². The summed E-state index contributed by atoms with van der Waals surface area (Å²) in [6.07, 6.45) is 7.20. The molecule has 0 radical (unpaired) electrons. The molecular formula is C18H19N3O2S. The van der Waals surface area contributed by atoms with E-state index in [-0.39, 0.29) is 18.4 Å². The minimum absolute atomic E-state index is 0.0496. The molecule has 0 aliphatic heterocycles. The van der Waals surface area contributed by atoms with Crippen molar-refractivity contribution in [2.24, 2.45) is 5.92 Å². The van der Waals surface area contributed by atoms with Crippen molar-refractivity contribution in [3.05, 3.63) is 53.5 Å². The highest BCUT2D eigenvalue weighted by Crippen LogP contribution is 2.29. The summed E-state index contributed by atoms with van der Waals surface area (Å²) in [6, 6.07) is 9.65. The number of amides is 2. The second-order valence-corrected chi connectivity index (χ2v) is 6.69. The van der Waals surface area contributed by atoms with E-state index in [4.69, 9.17) is 0 Å². The molecule has 24 heavy (non-hydrogen) atoms. The average molecular weight is 341 g/mol. The maximum absolute atomic E-state index is 12.5. The number of nitrogens with one attached hydrogen (secondary N) is 1. The molecule has 0 bridgehead atoms. The van der Waals surface area contributed by atoms with E-state index in [2.05, 4.69) is 10.3 Å². The Morgan fingerprint density at radius 1 is 1.29 bits per heavy atom. The summed E-state index contributed by atoms with van der Waals surface area (Å²) in [7, 11) is 0. The summed E-state index contributed by atoms with van der Waals surface area (Å²) in [5.74, 6) is 0.166. The molecule has 5 nitrogen and oxygen atoms in total. The van der Waals surface area contributed by atoms with Gasteiger partial charge in [-0.3, -0.25) is 9.59 Å². The normalized spacial score (nSPS) is 13.8. The fraction of sp³-hybridized carbons (Fsp3) is 0.278. The Bertz CT molecular complexity index is 709. The first-order valence-electron chi connectivity index (χ1n) is 7.92. The van der Waals surface area contributed by atoms with Gasteiger partial charge in [-0.25, -0.2) is 4.98 Å². The van der Waals surface area contributed by atoms with Crippen molar-refractivity contribution in [2.45, 2.75) is 12.8 Å². The maximum Gasteiger partial charge on any atom is 0.247 e. The van der Waals surface area contributed by atoms with E-state index >= 15 is 0 Å². The van der Waals surface area contributed by atoms with E-state index < -0.39 is 0 Å². The molecule has 1 aliphatic rings. The zero-order valence-electron chi connectivity index (χ0n) is 13.2. The van der Waals surface area contributed by atoms with Crippen molar-refractivity contribution in [3.8, 4) is 0 Å². The van der Waals surface area contributed by atoms with Gasteiger partial charge in [-0.1, -0.05) is 30.3 Å². The van der Waals surface area contributed by atoms with Crippen LogP contribution in [0, 0.1) is 5.92 Å². The Hall–Kier alpha value is -2.47. The minimum Gasteiger partial charge on any atom is -0.330 e. The summed E-state index contributed by atoms with van der Waals surface area (Å²) >= 11 is 1.36. The Morgan fingerprint density at radius 2 is 2.08 bits per heavy atom. The third-order valence-electron chi connectivity index (χ3n) is 3.72. The van der Waals surface area contributed by atoms with E-state index in [1.54, 1.807) is 22.6 Å². The van der Waals surface area contributed by atoms with Crippen LogP contribution in [-0.2, 0) is 9.59 Å². The molecule has 2 amide bonds. The molecule has 6 heteroatoms. The highest BCUT2D eigenvalue weighted by molar-refractivity contribution is 7.13. The van der Waals surface area contributed by atoms with Crippen molar-refractivity contribution in [2.75, 3.05) is 18.4 Å². The quantitative estimate of drug-likeness (QED) is 0.788. The SMILES string of the molecule is O=C(CN(CC1CC1)C(=O)/C=C/c1ccccc1)Nc1nccs1. The van der Waals surface area contributed by atoms with E-state index in [9.17, 15) is 9.59 Å². The van der Waals surface area contributed by atoms with Crippen LogP contribution >= 0.6 is 11.3 Å². The van der Waals surface area contributed by atoms with Gasteiger partial charge in [0.2, 0.25) is 11.8 Å². The smallest absolute Gasteiger partial charge is 0.247 e. The zero-order chi connectivity index (χ0) is 16.8. The molecule has 1 heterocycles. The molecule has 1 aliphatic carbocycles. The van der Waals surface area contributed by atoms with Gasteiger partial charge in [-0.05, 0) is 30.4 Å². The van der Waals surface area contributed by atoms with Crippen molar-refractivity contribution in [1.82, 2.24) is 9.88 Å².